The van der Waals surface area contributed by atoms with Crippen molar-refractivity contribution in [1.82, 2.24) is 5.32 Å². The predicted octanol–water partition coefficient (Wildman–Crippen LogP) is 2.38. The molecule has 0 heterocycles. The Morgan fingerprint density at radius 3 is 2.94 bits per heavy atom. The van der Waals surface area contributed by atoms with Crippen LogP contribution in [-0.2, 0) is 0 Å². The second kappa shape index (κ2) is 5.71. The van der Waals surface area contributed by atoms with Crippen molar-refractivity contribution in [3.05, 3.63) is 28.8 Å². The van der Waals surface area contributed by atoms with Gasteiger partial charge in [-0.3, -0.25) is 0 Å². The third-order valence-corrected chi connectivity index (χ3v) is 3.13. The molecule has 1 unspecified atom stereocenters. The van der Waals surface area contributed by atoms with Crippen molar-refractivity contribution in [2.75, 3.05) is 20.2 Å². The molecular formula is C13H18ClNO2. The molecule has 1 aromatic rings. The Labute approximate surface area is 107 Å². The molecule has 1 fully saturated rings. The van der Waals surface area contributed by atoms with Gasteiger partial charge in [-0.25, -0.2) is 0 Å². The summed E-state index contributed by atoms with van der Waals surface area (Å²) in [6, 6.07) is 5.39. The Morgan fingerprint density at radius 1 is 1.53 bits per heavy atom. The van der Waals surface area contributed by atoms with Crippen LogP contribution in [0.1, 0.15) is 24.5 Å². The van der Waals surface area contributed by atoms with Gasteiger partial charge in [0, 0.05) is 17.1 Å². The minimum absolute atomic E-state index is 0.486. The molecule has 0 spiro atoms. The number of nitrogens with one attached hydrogen (secondary N) is 1. The van der Waals surface area contributed by atoms with Gasteiger partial charge in [-0.05, 0) is 44.0 Å². The lowest BCUT2D eigenvalue weighted by Gasteiger charge is -2.16. The van der Waals surface area contributed by atoms with Crippen molar-refractivity contribution in [2.24, 2.45) is 5.92 Å². The summed E-state index contributed by atoms with van der Waals surface area (Å²) in [7, 11) is 1.80. The van der Waals surface area contributed by atoms with Crippen LogP contribution in [0.2, 0.25) is 5.02 Å². The van der Waals surface area contributed by atoms with Crippen LogP contribution in [0, 0.1) is 5.92 Å². The summed E-state index contributed by atoms with van der Waals surface area (Å²) in [6.07, 6.45) is 1.91. The Kier molecular flexibility index (Phi) is 4.26. The first-order chi connectivity index (χ1) is 8.20. The highest BCUT2D eigenvalue weighted by Gasteiger charge is 2.23. The van der Waals surface area contributed by atoms with Gasteiger partial charge in [-0.15, -0.1) is 0 Å². The fraction of sp³-hybridized carbons (Fsp3) is 0.538. The van der Waals surface area contributed by atoms with Crippen LogP contribution in [0.25, 0.3) is 0 Å². The summed E-state index contributed by atoms with van der Waals surface area (Å²) in [5.74, 6) is 1.43. The van der Waals surface area contributed by atoms with Gasteiger partial charge < -0.3 is 15.2 Å². The number of hydrogen-bond donors (Lipinski definition) is 2. The largest absolute Gasteiger partial charge is 0.493 e. The molecule has 4 heteroatoms. The molecule has 1 aliphatic rings. The second-order valence-electron chi connectivity index (χ2n) is 4.51. The average Bonchev–Trinajstić information content (AvgIpc) is 3.11. The van der Waals surface area contributed by atoms with Crippen molar-refractivity contribution in [3.8, 4) is 5.75 Å². The van der Waals surface area contributed by atoms with Crippen molar-refractivity contribution < 1.29 is 9.84 Å². The van der Waals surface area contributed by atoms with Gasteiger partial charge in [0.2, 0.25) is 0 Å². The molecule has 1 aromatic carbocycles. The maximum Gasteiger partial charge on any atom is 0.125 e. The van der Waals surface area contributed by atoms with E-state index in [-0.39, 0.29) is 0 Å². The summed E-state index contributed by atoms with van der Waals surface area (Å²) in [4.78, 5) is 0. The molecule has 17 heavy (non-hydrogen) atoms. The number of halogens is 1. The molecule has 0 bridgehead atoms. The van der Waals surface area contributed by atoms with Crippen LogP contribution in [0.3, 0.4) is 0 Å². The summed E-state index contributed by atoms with van der Waals surface area (Å²) >= 11 is 5.95. The highest BCUT2D eigenvalue weighted by atomic mass is 35.5. The number of hydrogen-bond acceptors (Lipinski definition) is 3. The van der Waals surface area contributed by atoms with Crippen molar-refractivity contribution >= 4 is 11.6 Å². The molecule has 0 amide bonds. The van der Waals surface area contributed by atoms with Gasteiger partial charge in [0.15, 0.2) is 0 Å². The van der Waals surface area contributed by atoms with Gasteiger partial charge in [-0.1, -0.05) is 11.6 Å². The first kappa shape index (κ1) is 12.7. The second-order valence-corrected chi connectivity index (χ2v) is 4.95. The number of aliphatic hydroxyl groups excluding tert-OH is 1. The van der Waals surface area contributed by atoms with E-state index in [1.807, 2.05) is 6.07 Å². The maximum absolute atomic E-state index is 10.0. The molecule has 0 saturated heterocycles. The number of rotatable bonds is 6. The Morgan fingerprint density at radius 2 is 2.29 bits per heavy atom. The maximum atomic E-state index is 10.0. The van der Waals surface area contributed by atoms with E-state index in [2.05, 4.69) is 5.32 Å². The lowest BCUT2D eigenvalue weighted by atomic mass is 10.1. The molecule has 0 radical (unpaired) electrons. The molecule has 2 N–H and O–H groups in total. The quantitative estimate of drug-likeness (QED) is 0.820. The minimum atomic E-state index is -0.590. The third kappa shape index (κ3) is 3.60. The fourth-order valence-electron chi connectivity index (χ4n) is 1.71. The van der Waals surface area contributed by atoms with E-state index in [9.17, 15) is 5.11 Å². The molecule has 1 saturated carbocycles. The average molecular weight is 256 g/mol. The summed E-state index contributed by atoms with van der Waals surface area (Å²) in [5, 5.41) is 13.6. The topological polar surface area (TPSA) is 41.5 Å². The van der Waals surface area contributed by atoms with Crippen LogP contribution in [0.5, 0.6) is 5.75 Å². The minimum Gasteiger partial charge on any atom is -0.493 e. The monoisotopic (exact) mass is 255 g/mol. The fourth-order valence-corrected chi connectivity index (χ4v) is 1.89. The molecule has 1 atom stereocenters. The van der Waals surface area contributed by atoms with E-state index in [1.54, 1.807) is 19.2 Å². The zero-order valence-electron chi connectivity index (χ0n) is 9.95. The van der Waals surface area contributed by atoms with E-state index < -0.39 is 6.10 Å². The van der Waals surface area contributed by atoms with Gasteiger partial charge in [-0.2, -0.15) is 0 Å². The SMILES string of the molecule is CNCC(O)c1cc(Cl)ccc1OCC1CC1. The number of aliphatic hydroxyl groups is 1. The normalized spacial score (nSPS) is 16.9. The Bertz CT molecular complexity index is 380. The molecule has 1 aliphatic carbocycles. The van der Waals surface area contributed by atoms with Crippen LogP contribution < -0.4 is 10.1 Å². The smallest absolute Gasteiger partial charge is 0.125 e. The van der Waals surface area contributed by atoms with Crippen LogP contribution in [0.15, 0.2) is 18.2 Å². The molecule has 0 aliphatic heterocycles. The molecule has 2 rings (SSSR count). The van der Waals surface area contributed by atoms with E-state index >= 15 is 0 Å². The Balaban J connectivity index is 2.10. The van der Waals surface area contributed by atoms with Gasteiger partial charge in [0.25, 0.3) is 0 Å². The number of ether oxygens (including phenoxy) is 1. The van der Waals surface area contributed by atoms with Crippen molar-refractivity contribution in [3.63, 3.8) is 0 Å². The summed E-state index contributed by atoms with van der Waals surface area (Å²) in [5.41, 5.74) is 0.757. The first-order valence-corrected chi connectivity index (χ1v) is 6.33. The Hall–Kier alpha value is -0.770. The lowest BCUT2D eigenvalue weighted by molar-refractivity contribution is 0.170. The van der Waals surface area contributed by atoms with E-state index in [0.717, 1.165) is 17.9 Å². The zero-order chi connectivity index (χ0) is 12.3. The predicted molar refractivity (Wildman–Crippen MR) is 68.6 cm³/mol. The lowest BCUT2D eigenvalue weighted by Crippen LogP contribution is -2.17. The standard InChI is InChI=1S/C13H18ClNO2/c1-15-7-12(16)11-6-10(14)4-5-13(11)17-8-9-2-3-9/h4-6,9,12,15-16H,2-3,7-8H2,1H3. The van der Waals surface area contributed by atoms with Crippen molar-refractivity contribution in [2.45, 2.75) is 18.9 Å². The first-order valence-electron chi connectivity index (χ1n) is 5.95. The van der Waals surface area contributed by atoms with Gasteiger partial charge >= 0.3 is 0 Å². The van der Waals surface area contributed by atoms with Gasteiger partial charge in [0.05, 0.1) is 12.7 Å². The highest BCUT2D eigenvalue weighted by molar-refractivity contribution is 6.30. The molecular weight excluding hydrogens is 238 g/mol. The van der Waals surface area contributed by atoms with Crippen molar-refractivity contribution in [1.29, 1.82) is 0 Å². The van der Waals surface area contributed by atoms with E-state index in [0.29, 0.717) is 17.5 Å². The number of benzene rings is 1. The van der Waals surface area contributed by atoms with Gasteiger partial charge in [0.1, 0.15) is 5.75 Å². The van der Waals surface area contributed by atoms with Crippen LogP contribution >= 0.6 is 11.6 Å². The molecule has 3 nitrogen and oxygen atoms in total. The summed E-state index contributed by atoms with van der Waals surface area (Å²) in [6.45, 7) is 1.22. The molecule has 94 valence electrons. The highest BCUT2D eigenvalue weighted by Crippen LogP contribution is 2.32. The molecule has 0 aromatic heterocycles. The van der Waals surface area contributed by atoms with E-state index in [4.69, 9.17) is 16.3 Å². The zero-order valence-corrected chi connectivity index (χ0v) is 10.7. The van der Waals surface area contributed by atoms with Crippen LogP contribution in [-0.4, -0.2) is 25.3 Å². The number of likely N-dealkylation sites (N-methyl/N-ethyl adjacent to an activating group) is 1. The van der Waals surface area contributed by atoms with E-state index in [1.165, 1.54) is 12.8 Å². The summed E-state index contributed by atoms with van der Waals surface area (Å²) < 4.78 is 5.74. The van der Waals surface area contributed by atoms with Crippen LogP contribution in [0.4, 0.5) is 0 Å². The third-order valence-electron chi connectivity index (χ3n) is 2.90.